The number of hydrogen-bond donors (Lipinski definition) is 0. The van der Waals surface area contributed by atoms with Crippen LogP contribution in [0.15, 0.2) is 194 Å². The lowest BCUT2D eigenvalue weighted by Crippen LogP contribution is -2.19. The Labute approximate surface area is 386 Å². The highest BCUT2D eigenvalue weighted by Crippen LogP contribution is 2.57. The first-order chi connectivity index (χ1) is 32.3. The summed E-state index contributed by atoms with van der Waals surface area (Å²) in [5, 5.41) is 10.4. The van der Waals surface area contributed by atoms with Gasteiger partial charge in [-0.15, -0.1) is 0 Å². The second-order valence-corrected chi connectivity index (χ2v) is 20.0. The Hall–Kier alpha value is -7.68. The third kappa shape index (κ3) is 5.07. The predicted octanol–water partition coefficient (Wildman–Crippen LogP) is 17.0. The number of fused-ring (bicyclic) bond motifs is 9. The van der Waals surface area contributed by atoms with E-state index in [0.717, 1.165) is 13.1 Å². The number of hydrogen-bond acceptors (Lipinski definition) is 2. The summed E-state index contributed by atoms with van der Waals surface area (Å²) in [4.78, 5) is 5.19. The minimum atomic E-state index is -0.204. The van der Waals surface area contributed by atoms with Crippen molar-refractivity contribution in [2.24, 2.45) is 0 Å². The summed E-state index contributed by atoms with van der Waals surface area (Å²) in [6.45, 7) is 11.4. The predicted molar refractivity (Wildman–Crippen MR) is 279 cm³/mol. The standard InChI is InChI=1S/C64H48N2/c1-63(2)54-28-10-8-22-45(54)47-32-31-43(34-56(47)63)66(58-33-30-40-18-13-26-49-48-25-12-16-39-17-14-27-50(60(39)48)62(58)61(40)49)59-36-57-51(46-23-9-11-29-55(46)64(57,3)4)35-52(59)44-24-15-19-41-37-65(38-53(41)44)42-20-6-5-7-21-42/h5-36H,37-38H2,1-4H3. The van der Waals surface area contributed by atoms with Gasteiger partial charge in [-0.2, -0.15) is 0 Å². The summed E-state index contributed by atoms with van der Waals surface area (Å²) in [5.74, 6) is 0. The molecule has 0 fully saturated rings. The average Bonchev–Trinajstić information content (AvgIpc) is 3.97. The maximum Gasteiger partial charge on any atom is 0.0547 e. The molecule has 11 aromatic carbocycles. The molecule has 0 amide bonds. The van der Waals surface area contributed by atoms with Gasteiger partial charge >= 0.3 is 0 Å². The number of benzene rings is 11. The lowest BCUT2D eigenvalue weighted by Gasteiger charge is -2.33. The van der Waals surface area contributed by atoms with E-state index in [0.29, 0.717) is 0 Å². The van der Waals surface area contributed by atoms with E-state index in [4.69, 9.17) is 0 Å². The maximum atomic E-state index is 2.66. The summed E-state index contributed by atoms with van der Waals surface area (Å²) >= 11 is 0. The molecule has 2 heteroatoms. The van der Waals surface area contributed by atoms with Crippen molar-refractivity contribution in [1.82, 2.24) is 0 Å². The highest BCUT2D eigenvalue weighted by molar-refractivity contribution is 6.35. The Kier molecular flexibility index (Phi) is 7.67. The van der Waals surface area contributed by atoms with Crippen LogP contribution in [0.4, 0.5) is 22.7 Å². The van der Waals surface area contributed by atoms with Crippen LogP contribution >= 0.6 is 0 Å². The monoisotopic (exact) mass is 844 g/mol. The molecule has 66 heavy (non-hydrogen) atoms. The molecule has 11 aromatic rings. The molecular formula is C64H48N2. The maximum absolute atomic E-state index is 2.66. The molecule has 1 aliphatic heterocycles. The van der Waals surface area contributed by atoms with E-state index in [9.17, 15) is 0 Å². The van der Waals surface area contributed by atoms with Crippen molar-refractivity contribution in [3.63, 3.8) is 0 Å². The third-order valence-electron chi connectivity index (χ3n) is 15.9. The summed E-state index contributed by atoms with van der Waals surface area (Å²) in [5.41, 5.74) is 20.6. The zero-order valence-electron chi connectivity index (χ0n) is 37.8. The molecule has 2 nitrogen and oxygen atoms in total. The van der Waals surface area contributed by atoms with Gasteiger partial charge in [0.2, 0.25) is 0 Å². The molecule has 0 saturated heterocycles. The SMILES string of the molecule is CC1(C)c2ccccc2-c2ccc(N(c3cc4c(cc3-c3cccc5c3CN(c3ccccc3)C5)-c3ccccc3C4(C)C)c3ccc4cccc5c6cccc7cccc(c3c45)c76)cc21. The smallest absolute Gasteiger partial charge is 0.0547 e. The van der Waals surface area contributed by atoms with Crippen molar-refractivity contribution in [1.29, 1.82) is 0 Å². The first-order valence-corrected chi connectivity index (χ1v) is 23.6. The first kappa shape index (κ1) is 37.7. The van der Waals surface area contributed by atoms with Crippen LogP contribution in [0.5, 0.6) is 0 Å². The topological polar surface area (TPSA) is 6.48 Å². The zero-order chi connectivity index (χ0) is 44.1. The largest absolute Gasteiger partial charge is 0.363 e. The summed E-state index contributed by atoms with van der Waals surface area (Å²) in [6, 6.07) is 74.0. The first-order valence-electron chi connectivity index (χ1n) is 23.6. The molecular weight excluding hydrogens is 797 g/mol. The highest BCUT2D eigenvalue weighted by atomic mass is 15.2. The van der Waals surface area contributed by atoms with Crippen molar-refractivity contribution < 1.29 is 0 Å². The van der Waals surface area contributed by atoms with E-state index in [1.807, 2.05) is 0 Å². The van der Waals surface area contributed by atoms with Gasteiger partial charge in [-0.05, 0) is 141 Å². The van der Waals surface area contributed by atoms with Gasteiger partial charge in [-0.3, -0.25) is 0 Å². The Balaban J connectivity index is 1.12. The molecule has 0 saturated carbocycles. The van der Waals surface area contributed by atoms with Gasteiger partial charge in [-0.1, -0.05) is 179 Å². The molecule has 14 rings (SSSR count). The van der Waals surface area contributed by atoms with Crippen LogP contribution < -0.4 is 9.80 Å². The van der Waals surface area contributed by atoms with Crippen LogP contribution in [-0.4, -0.2) is 0 Å². The number of nitrogens with zero attached hydrogens (tertiary/aromatic N) is 2. The molecule has 0 unspecified atom stereocenters. The second kappa shape index (κ2) is 13.4. The van der Waals surface area contributed by atoms with Crippen molar-refractivity contribution in [3.05, 3.63) is 228 Å². The zero-order valence-corrected chi connectivity index (χ0v) is 37.8. The van der Waals surface area contributed by atoms with E-state index in [1.54, 1.807) is 0 Å². The van der Waals surface area contributed by atoms with Gasteiger partial charge in [0.1, 0.15) is 0 Å². The molecule has 0 N–H and O–H groups in total. The third-order valence-corrected chi connectivity index (χ3v) is 15.9. The van der Waals surface area contributed by atoms with Crippen LogP contribution in [0, 0.1) is 0 Å². The Morgan fingerprint density at radius 1 is 0.379 bits per heavy atom. The molecule has 0 spiro atoms. The van der Waals surface area contributed by atoms with Crippen molar-refractivity contribution in [2.75, 3.05) is 9.80 Å². The number of anilines is 4. The van der Waals surface area contributed by atoms with Crippen LogP contribution in [0.3, 0.4) is 0 Å². The van der Waals surface area contributed by atoms with E-state index >= 15 is 0 Å². The van der Waals surface area contributed by atoms with Crippen LogP contribution in [0.1, 0.15) is 61.1 Å². The fourth-order valence-electron chi connectivity index (χ4n) is 12.7. The van der Waals surface area contributed by atoms with Crippen molar-refractivity contribution in [3.8, 4) is 33.4 Å². The molecule has 0 radical (unpaired) electrons. The Morgan fingerprint density at radius 2 is 0.970 bits per heavy atom. The molecule has 0 atom stereocenters. The number of para-hydroxylation sites is 1. The summed E-state index contributed by atoms with van der Waals surface area (Å²) < 4.78 is 0. The molecule has 0 aromatic heterocycles. The quantitative estimate of drug-likeness (QED) is 0.126. The molecule has 0 bridgehead atoms. The minimum Gasteiger partial charge on any atom is -0.363 e. The van der Waals surface area contributed by atoms with Crippen LogP contribution in [-0.2, 0) is 23.9 Å². The van der Waals surface area contributed by atoms with Crippen LogP contribution in [0.25, 0.3) is 76.5 Å². The Morgan fingerprint density at radius 3 is 1.71 bits per heavy atom. The fraction of sp³-hybridized carbons (Fsp3) is 0.125. The number of rotatable bonds is 5. The van der Waals surface area contributed by atoms with E-state index < -0.39 is 0 Å². The fourth-order valence-corrected chi connectivity index (χ4v) is 12.7. The van der Waals surface area contributed by atoms with E-state index in [1.165, 1.54) is 133 Å². The lowest BCUT2D eigenvalue weighted by atomic mass is 9.81. The highest BCUT2D eigenvalue weighted by Gasteiger charge is 2.39. The van der Waals surface area contributed by atoms with Gasteiger partial charge in [0, 0.05) is 46.2 Å². The van der Waals surface area contributed by atoms with Gasteiger partial charge in [0.05, 0.1) is 11.4 Å². The molecule has 1 heterocycles. The second-order valence-electron chi connectivity index (χ2n) is 20.0. The van der Waals surface area contributed by atoms with Crippen LogP contribution in [0.2, 0.25) is 0 Å². The summed E-state index contributed by atoms with van der Waals surface area (Å²) in [7, 11) is 0. The lowest BCUT2D eigenvalue weighted by molar-refractivity contribution is 0.660. The molecule has 314 valence electrons. The average molecular weight is 845 g/mol. The molecule has 3 aliphatic rings. The summed E-state index contributed by atoms with van der Waals surface area (Å²) in [6.07, 6.45) is 0. The Bertz CT molecular complexity index is 3830. The van der Waals surface area contributed by atoms with Gasteiger partial charge in [0.15, 0.2) is 0 Å². The van der Waals surface area contributed by atoms with Crippen molar-refractivity contribution in [2.45, 2.75) is 51.6 Å². The van der Waals surface area contributed by atoms with E-state index in [2.05, 4.69) is 232 Å². The van der Waals surface area contributed by atoms with E-state index in [-0.39, 0.29) is 10.8 Å². The van der Waals surface area contributed by atoms with Crippen molar-refractivity contribution >= 4 is 65.8 Å². The van der Waals surface area contributed by atoms with Gasteiger partial charge in [-0.25, -0.2) is 0 Å². The van der Waals surface area contributed by atoms with Gasteiger partial charge in [0.25, 0.3) is 0 Å². The minimum absolute atomic E-state index is 0.172. The normalized spacial score (nSPS) is 15.1. The molecule has 2 aliphatic carbocycles. The van der Waals surface area contributed by atoms with Gasteiger partial charge < -0.3 is 9.80 Å².